The first kappa shape index (κ1) is 14.9. The predicted molar refractivity (Wildman–Crippen MR) is 79.7 cm³/mol. The van der Waals surface area contributed by atoms with Crippen molar-refractivity contribution in [2.45, 2.75) is 37.0 Å². The molecule has 1 aliphatic heterocycles. The lowest BCUT2D eigenvalue weighted by molar-refractivity contribution is 0.0716. The SMILES string of the molecule is NS(=O)(=O)C1CCCN(C(=O)c2cc(Cl)cn2C2CC2)C1. The summed E-state index contributed by atoms with van der Waals surface area (Å²) in [7, 11) is -3.61. The zero-order valence-corrected chi connectivity index (χ0v) is 13.1. The van der Waals surface area contributed by atoms with Crippen LogP contribution in [0.25, 0.3) is 0 Å². The van der Waals surface area contributed by atoms with Crippen molar-refractivity contribution in [1.82, 2.24) is 9.47 Å². The number of carbonyl (C=O) groups excluding carboxylic acids is 1. The fraction of sp³-hybridized carbons (Fsp3) is 0.615. The predicted octanol–water partition coefficient (Wildman–Crippen LogP) is 1.37. The van der Waals surface area contributed by atoms with Crippen molar-refractivity contribution in [3.63, 3.8) is 0 Å². The first-order chi connectivity index (χ1) is 9.86. The highest BCUT2D eigenvalue weighted by Gasteiger charge is 2.34. The number of likely N-dealkylation sites (tertiary alicyclic amines) is 1. The topological polar surface area (TPSA) is 85.4 Å². The lowest BCUT2D eigenvalue weighted by Crippen LogP contribution is -2.47. The summed E-state index contributed by atoms with van der Waals surface area (Å²) in [5.74, 6) is -0.165. The zero-order valence-electron chi connectivity index (χ0n) is 11.5. The molecule has 2 N–H and O–H groups in total. The van der Waals surface area contributed by atoms with E-state index in [2.05, 4.69) is 0 Å². The minimum Gasteiger partial charge on any atom is -0.339 e. The number of rotatable bonds is 3. The summed E-state index contributed by atoms with van der Waals surface area (Å²) in [5.41, 5.74) is 0.539. The van der Waals surface area contributed by atoms with Crippen LogP contribution in [0.1, 0.15) is 42.2 Å². The van der Waals surface area contributed by atoms with E-state index < -0.39 is 15.3 Å². The van der Waals surface area contributed by atoms with Crippen molar-refractivity contribution in [2.24, 2.45) is 5.14 Å². The molecule has 21 heavy (non-hydrogen) atoms. The molecular formula is C13H18ClN3O3S. The molecule has 6 nitrogen and oxygen atoms in total. The van der Waals surface area contributed by atoms with Gasteiger partial charge in [-0.05, 0) is 31.7 Å². The molecular weight excluding hydrogens is 314 g/mol. The molecule has 1 unspecified atom stereocenters. The highest BCUT2D eigenvalue weighted by molar-refractivity contribution is 7.89. The standard InChI is InChI=1S/C13H18ClN3O3S/c14-9-6-12(17(7-9)10-3-4-10)13(18)16-5-1-2-11(8-16)21(15,19)20/h6-7,10-11H,1-5,8H2,(H2,15,19,20). The Bertz CT molecular complexity index is 666. The van der Waals surface area contributed by atoms with E-state index in [9.17, 15) is 13.2 Å². The van der Waals surface area contributed by atoms with Crippen LogP contribution in [0.3, 0.4) is 0 Å². The first-order valence-corrected chi connectivity index (χ1v) is 9.03. The van der Waals surface area contributed by atoms with E-state index >= 15 is 0 Å². The summed E-state index contributed by atoms with van der Waals surface area (Å²) in [6.07, 6.45) is 5.02. The number of sulfonamides is 1. The van der Waals surface area contributed by atoms with Crippen molar-refractivity contribution in [2.75, 3.05) is 13.1 Å². The first-order valence-electron chi connectivity index (χ1n) is 7.04. The van der Waals surface area contributed by atoms with Gasteiger partial charge in [0.05, 0.1) is 10.3 Å². The molecule has 2 aliphatic rings. The van der Waals surface area contributed by atoms with Gasteiger partial charge in [-0.3, -0.25) is 4.79 Å². The maximum atomic E-state index is 12.6. The van der Waals surface area contributed by atoms with E-state index in [1.807, 2.05) is 4.57 Å². The number of hydrogen-bond acceptors (Lipinski definition) is 3. The Kier molecular flexibility index (Phi) is 3.75. The fourth-order valence-corrected chi connectivity index (χ4v) is 3.92. The molecule has 3 rings (SSSR count). The van der Waals surface area contributed by atoms with Gasteiger partial charge in [-0.1, -0.05) is 11.6 Å². The molecule has 1 saturated heterocycles. The van der Waals surface area contributed by atoms with E-state index in [1.54, 1.807) is 17.2 Å². The average molecular weight is 332 g/mol. The Morgan fingerprint density at radius 3 is 2.67 bits per heavy atom. The zero-order chi connectivity index (χ0) is 15.2. The highest BCUT2D eigenvalue weighted by Crippen LogP contribution is 2.37. The number of piperidine rings is 1. The quantitative estimate of drug-likeness (QED) is 0.907. The largest absolute Gasteiger partial charge is 0.339 e. The van der Waals surface area contributed by atoms with Crippen LogP contribution in [-0.4, -0.2) is 42.1 Å². The molecule has 1 saturated carbocycles. The second-order valence-electron chi connectivity index (χ2n) is 5.79. The van der Waals surface area contributed by atoms with Crippen LogP contribution in [0, 0.1) is 0 Å². The maximum Gasteiger partial charge on any atom is 0.270 e. The lowest BCUT2D eigenvalue weighted by Gasteiger charge is -2.31. The Balaban J connectivity index is 1.82. The molecule has 1 aromatic rings. The monoisotopic (exact) mass is 331 g/mol. The molecule has 1 aromatic heterocycles. The molecule has 0 aromatic carbocycles. The molecule has 0 spiro atoms. The fourth-order valence-electron chi connectivity index (χ4n) is 2.82. The summed E-state index contributed by atoms with van der Waals surface area (Å²) < 4.78 is 24.9. The molecule has 2 fully saturated rings. The number of amides is 1. The highest BCUT2D eigenvalue weighted by atomic mass is 35.5. The normalized spacial score (nSPS) is 23.3. The third kappa shape index (κ3) is 3.09. The van der Waals surface area contributed by atoms with Gasteiger partial charge in [-0.15, -0.1) is 0 Å². The summed E-state index contributed by atoms with van der Waals surface area (Å²) >= 11 is 6.01. The van der Waals surface area contributed by atoms with Crippen LogP contribution in [0.15, 0.2) is 12.3 Å². The number of aromatic nitrogens is 1. The molecule has 2 heterocycles. The lowest BCUT2D eigenvalue weighted by atomic mass is 10.1. The Hall–Kier alpha value is -1.05. The smallest absolute Gasteiger partial charge is 0.270 e. The van der Waals surface area contributed by atoms with E-state index in [1.165, 1.54) is 0 Å². The van der Waals surface area contributed by atoms with Gasteiger partial charge in [0.1, 0.15) is 5.69 Å². The van der Waals surface area contributed by atoms with Gasteiger partial charge in [-0.2, -0.15) is 0 Å². The second kappa shape index (κ2) is 5.30. The number of halogens is 1. The van der Waals surface area contributed by atoms with Crippen LogP contribution in [-0.2, 0) is 10.0 Å². The number of nitrogens with zero attached hydrogens (tertiary/aromatic N) is 2. The summed E-state index contributed by atoms with van der Waals surface area (Å²) in [6, 6.07) is 2.00. The molecule has 1 amide bonds. The van der Waals surface area contributed by atoms with Gasteiger partial charge in [0.15, 0.2) is 0 Å². The van der Waals surface area contributed by atoms with E-state index in [0.717, 1.165) is 12.8 Å². The van der Waals surface area contributed by atoms with Crippen molar-refractivity contribution < 1.29 is 13.2 Å². The number of hydrogen-bond donors (Lipinski definition) is 1. The third-order valence-electron chi connectivity index (χ3n) is 4.10. The van der Waals surface area contributed by atoms with Crippen LogP contribution in [0.2, 0.25) is 5.02 Å². The second-order valence-corrected chi connectivity index (χ2v) is 8.07. The molecule has 0 radical (unpaired) electrons. The summed E-state index contributed by atoms with van der Waals surface area (Å²) in [4.78, 5) is 14.2. The van der Waals surface area contributed by atoms with Gasteiger partial charge in [0.2, 0.25) is 10.0 Å². The number of primary sulfonamides is 1. The van der Waals surface area contributed by atoms with Crippen LogP contribution < -0.4 is 5.14 Å². The van der Waals surface area contributed by atoms with Crippen molar-refractivity contribution in [3.05, 3.63) is 23.0 Å². The summed E-state index contributed by atoms with van der Waals surface area (Å²) in [5, 5.41) is 5.07. The van der Waals surface area contributed by atoms with E-state index in [0.29, 0.717) is 36.1 Å². The Morgan fingerprint density at radius 2 is 2.05 bits per heavy atom. The van der Waals surface area contributed by atoms with Gasteiger partial charge in [0, 0.05) is 25.3 Å². The van der Waals surface area contributed by atoms with Gasteiger partial charge < -0.3 is 9.47 Å². The minimum atomic E-state index is -3.61. The number of nitrogens with two attached hydrogens (primary N) is 1. The van der Waals surface area contributed by atoms with Crippen molar-refractivity contribution >= 4 is 27.5 Å². The Labute approximate surface area is 128 Å². The van der Waals surface area contributed by atoms with Gasteiger partial charge in [0.25, 0.3) is 5.91 Å². The molecule has 1 atom stereocenters. The molecule has 116 valence electrons. The van der Waals surface area contributed by atoms with Gasteiger partial charge >= 0.3 is 0 Å². The van der Waals surface area contributed by atoms with Crippen molar-refractivity contribution in [3.8, 4) is 0 Å². The average Bonchev–Trinajstić information content (AvgIpc) is 3.20. The molecule has 1 aliphatic carbocycles. The Morgan fingerprint density at radius 1 is 1.33 bits per heavy atom. The minimum absolute atomic E-state index is 0.158. The van der Waals surface area contributed by atoms with Crippen LogP contribution in [0.4, 0.5) is 0 Å². The van der Waals surface area contributed by atoms with Crippen LogP contribution >= 0.6 is 11.6 Å². The number of carbonyl (C=O) groups is 1. The van der Waals surface area contributed by atoms with Crippen LogP contribution in [0.5, 0.6) is 0 Å². The molecule has 0 bridgehead atoms. The van der Waals surface area contributed by atoms with Crippen molar-refractivity contribution in [1.29, 1.82) is 0 Å². The summed E-state index contributed by atoms with van der Waals surface area (Å²) in [6.45, 7) is 0.712. The third-order valence-corrected chi connectivity index (χ3v) is 5.63. The van der Waals surface area contributed by atoms with Gasteiger partial charge in [-0.25, -0.2) is 13.6 Å². The van der Waals surface area contributed by atoms with E-state index in [-0.39, 0.29) is 12.5 Å². The van der Waals surface area contributed by atoms with E-state index in [4.69, 9.17) is 16.7 Å². The molecule has 8 heteroatoms. The maximum absolute atomic E-state index is 12.6.